The van der Waals surface area contributed by atoms with Gasteiger partial charge in [0.1, 0.15) is 6.07 Å². The Bertz CT molecular complexity index is 400. The predicted molar refractivity (Wildman–Crippen MR) is 45.2 cm³/mol. The number of pyridine rings is 1. The van der Waals surface area contributed by atoms with E-state index in [1.165, 1.54) is 12.3 Å². The second-order valence-corrected chi connectivity index (χ2v) is 2.75. The van der Waals surface area contributed by atoms with Gasteiger partial charge in [0.25, 0.3) is 0 Å². The summed E-state index contributed by atoms with van der Waals surface area (Å²) >= 11 is 5.41. The van der Waals surface area contributed by atoms with E-state index in [0.717, 1.165) is 6.07 Å². The summed E-state index contributed by atoms with van der Waals surface area (Å²) in [5, 5.41) is 8.49. The Kier molecular flexibility index (Phi) is 3.37. The van der Waals surface area contributed by atoms with Gasteiger partial charge in [-0.3, -0.25) is 0 Å². The number of ether oxygens (including phenoxy) is 1. The van der Waals surface area contributed by atoms with Crippen molar-refractivity contribution in [3.05, 3.63) is 23.5 Å². The molecule has 15 heavy (non-hydrogen) atoms. The number of hydrogen-bond donors (Lipinski definition) is 0. The van der Waals surface area contributed by atoms with Crippen LogP contribution in [-0.2, 0) is 5.88 Å². The molecule has 1 heterocycles. The SMILES string of the molecule is N#Cc1ncc(CCl)cc1OC(F)(F)F. The van der Waals surface area contributed by atoms with Crippen LogP contribution in [0.15, 0.2) is 12.3 Å². The summed E-state index contributed by atoms with van der Waals surface area (Å²) in [6, 6.07) is 2.52. The summed E-state index contributed by atoms with van der Waals surface area (Å²) in [5.74, 6) is -0.643. The summed E-state index contributed by atoms with van der Waals surface area (Å²) in [6.45, 7) is 0. The standard InChI is InChI=1S/C8H4ClF3N2O/c9-2-5-1-7(15-8(10,11)12)6(3-13)14-4-5/h1,4H,2H2. The molecule has 0 N–H and O–H groups in total. The fourth-order valence-electron chi connectivity index (χ4n) is 0.845. The maximum Gasteiger partial charge on any atom is 0.573 e. The van der Waals surface area contributed by atoms with Crippen molar-refractivity contribution in [2.75, 3.05) is 0 Å². The number of hydrogen-bond acceptors (Lipinski definition) is 3. The van der Waals surface area contributed by atoms with Gasteiger partial charge in [-0.05, 0) is 11.6 Å². The molecule has 0 bridgehead atoms. The molecule has 1 aromatic rings. The maximum atomic E-state index is 11.9. The molecule has 7 heteroatoms. The van der Waals surface area contributed by atoms with Gasteiger partial charge in [-0.2, -0.15) is 5.26 Å². The van der Waals surface area contributed by atoms with E-state index in [9.17, 15) is 13.2 Å². The van der Waals surface area contributed by atoms with Crippen LogP contribution in [0.2, 0.25) is 0 Å². The molecule has 0 aliphatic rings. The molecule has 1 rings (SSSR count). The summed E-state index contributed by atoms with van der Waals surface area (Å²) in [7, 11) is 0. The zero-order chi connectivity index (χ0) is 11.5. The van der Waals surface area contributed by atoms with Crippen molar-refractivity contribution >= 4 is 11.6 Å². The van der Waals surface area contributed by atoms with E-state index in [1.54, 1.807) is 0 Å². The van der Waals surface area contributed by atoms with Crippen molar-refractivity contribution in [2.45, 2.75) is 12.2 Å². The molecule has 3 nitrogen and oxygen atoms in total. The quantitative estimate of drug-likeness (QED) is 0.742. The lowest BCUT2D eigenvalue weighted by Crippen LogP contribution is -2.18. The van der Waals surface area contributed by atoms with Gasteiger partial charge < -0.3 is 4.74 Å². The van der Waals surface area contributed by atoms with Crippen LogP contribution >= 0.6 is 11.6 Å². The molecule has 0 saturated heterocycles. The lowest BCUT2D eigenvalue weighted by molar-refractivity contribution is -0.274. The molecule has 0 aliphatic heterocycles. The average Bonchev–Trinajstić information content (AvgIpc) is 2.15. The smallest absolute Gasteiger partial charge is 0.403 e. The first-order chi connectivity index (χ1) is 6.96. The van der Waals surface area contributed by atoms with E-state index in [0.29, 0.717) is 5.56 Å². The van der Waals surface area contributed by atoms with Crippen molar-refractivity contribution in [1.82, 2.24) is 4.98 Å². The van der Waals surface area contributed by atoms with Crippen LogP contribution < -0.4 is 4.74 Å². The number of aromatic nitrogens is 1. The van der Waals surface area contributed by atoms with Crippen molar-refractivity contribution in [3.8, 4) is 11.8 Å². The van der Waals surface area contributed by atoms with E-state index in [-0.39, 0.29) is 5.88 Å². The molecular weight excluding hydrogens is 233 g/mol. The number of nitriles is 1. The number of nitrogens with zero attached hydrogens (tertiary/aromatic N) is 2. The highest BCUT2D eigenvalue weighted by Crippen LogP contribution is 2.26. The molecule has 0 atom stereocenters. The molecule has 0 fully saturated rings. The molecule has 0 aliphatic carbocycles. The third kappa shape index (κ3) is 3.29. The Morgan fingerprint density at radius 1 is 1.53 bits per heavy atom. The van der Waals surface area contributed by atoms with Crippen LogP contribution in [0.4, 0.5) is 13.2 Å². The monoisotopic (exact) mass is 236 g/mol. The van der Waals surface area contributed by atoms with Gasteiger partial charge in [0.05, 0.1) is 0 Å². The molecular formula is C8H4ClF3N2O. The summed E-state index contributed by atoms with van der Waals surface area (Å²) in [4.78, 5) is 3.48. The van der Waals surface area contributed by atoms with Crippen molar-refractivity contribution in [2.24, 2.45) is 0 Å². The molecule has 0 amide bonds. The van der Waals surface area contributed by atoms with Gasteiger partial charge >= 0.3 is 6.36 Å². The second kappa shape index (κ2) is 4.36. The van der Waals surface area contributed by atoms with E-state index in [1.807, 2.05) is 0 Å². The lowest BCUT2D eigenvalue weighted by atomic mass is 10.2. The predicted octanol–water partition coefficient (Wildman–Crippen LogP) is 2.59. The molecule has 1 aromatic heterocycles. The first-order valence-electron chi connectivity index (χ1n) is 3.67. The van der Waals surface area contributed by atoms with E-state index >= 15 is 0 Å². The molecule has 0 aromatic carbocycles. The van der Waals surface area contributed by atoms with E-state index in [2.05, 4.69) is 9.72 Å². The number of halogens is 4. The summed E-state index contributed by atoms with van der Waals surface area (Å²) < 4.78 is 39.3. The van der Waals surface area contributed by atoms with Gasteiger partial charge in [-0.25, -0.2) is 4.98 Å². The average molecular weight is 237 g/mol. The highest BCUT2D eigenvalue weighted by molar-refractivity contribution is 6.17. The first-order valence-corrected chi connectivity index (χ1v) is 4.20. The van der Waals surface area contributed by atoms with Crippen LogP contribution in [0, 0.1) is 11.3 Å². The molecule has 0 radical (unpaired) electrons. The zero-order valence-electron chi connectivity index (χ0n) is 7.18. The van der Waals surface area contributed by atoms with Gasteiger partial charge in [0.15, 0.2) is 11.4 Å². The van der Waals surface area contributed by atoms with Gasteiger partial charge in [0, 0.05) is 12.1 Å². The van der Waals surface area contributed by atoms with Gasteiger partial charge in [0.2, 0.25) is 0 Å². The minimum absolute atomic E-state index is 0.00702. The second-order valence-electron chi connectivity index (χ2n) is 2.48. The lowest BCUT2D eigenvalue weighted by Gasteiger charge is -2.10. The molecule has 0 saturated carbocycles. The van der Waals surface area contributed by atoms with Gasteiger partial charge in [-0.1, -0.05) is 0 Å². The maximum absolute atomic E-state index is 11.9. The van der Waals surface area contributed by atoms with E-state index in [4.69, 9.17) is 16.9 Å². The van der Waals surface area contributed by atoms with Crippen molar-refractivity contribution in [3.63, 3.8) is 0 Å². The number of rotatable bonds is 2. The Hall–Kier alpha value is -1.48. The van der Waals surface area contributed by atoms with Crippen LogP contribution in [0.25, 0.3) is 0 Å². The summed E-state index contributed by atoms with van der Waals surface area (Å²) in [6.07, 6.45) is -3.63. The third-order valence-electron chi connectivity index (χ3n) is 1.40. The van der Waals surface area contributed by atoms with E-state index < -0.39 is 17.8 Å². The third-order valence-corrected chi connectivity index (χ3v) is 1.70. The van der Waals surface area contributed by atoms with Crippen LogP contribution in [0.3, 0.4) is 0 Å². The highest BCUT2D eigenvalue weighted by Gasteiger charge is 2.32. The highest BCUT2D eigenvalue weighted by atomic mass is 35.5. The fraction of sp³-hybridized carbons (Fsp3) is 0.250. The first kappa shape index (κ1) is 11.6. The molecule has 0 unspecified atom stereocenters. The normalized spacial score (nSPS) is 10.9. The van der Waals surface area contributed by atoms with Crippen LogP contribution in [0.1, 0.15) is 11.3 Å². The Morgan fingerprint density at radius 3 is 2.67 bits per heavy atom. The van der Waals surface area contributed by atoms with Crippen molar-refractivity contribution < 1.29 is 17.9 Å². The Labute approximate surface area is 88.1 Å². The zero-order valence-corrected chi connectivity index (χ0v) is 7.93. The van der Waals surface area contributed by atoms with Crippen molar-refractivity contribution in [1.29, 1.82) is 5.26 Å². The topological polar surface area (TPSA) is 45.9 Å². The molecule has 0 spiro atoms. The largest absolute Gasteiger partial charge is 0.573 e. The fourth-order valence-corrected chi connectivity index (χ4v) is 0.991. The van der Waals surface area contributed by atoms with Crippen LogP contribution in [0.5, 0.6) is 5.75 Å². The minimum Gasteiger partial charge on any atom is -0.403 e. The Morgan fingerprint density at radius 2 is 2.20 bits per heavy atom. The number of alkyl halides is 4. The Balaban J connectivity index is 3.08. The van der Waals surface area contributed by atoms with Crippen LogP contribution in [-0.4, -0.2) is 11.3 Å². The summed E-state index contributed by atoms with van der Waals surface area (Å²) in [5.41, 5.74) is -0.0869. The van der Waals surface area contributed by atoms with Gasteiger partial charge in [-0.15, -0.1) is 24.8 Å². The minimum atomic E-state index is -4.85. The molecule has 80 valence electrons.